The van der Waals surface area contributed by atoms with Gasteiger partial charge in [0.15, 0.2) is 5.16 Å². The molecule has 0 spiro atoms. The molecule has 0 unspecified atom stereocenters. The molecule has 37 heavy (non-hydrogen) atoms. The van der Waals surface area contributed by atoms with E-state index in [-0.39, 0.29) is 23.0 Å². The zero-order valence-corrected chi connectivity index (χ0v) is 20.6. The van der Waals surface area contributed by atoms with Crippen LogP contribution < -0.4 is 15.7 Å². The number of ether oxygens (including phenoxy) is 1. The van der Waals surface area contributed by atoms with Crippen molar-refractivity contribution in [1.82, 2.24) is 15.0 Å². The largest absolute Gasteiger partial charge is 0.507 e. The fraction of sp³-hybridized carbons (Fsp3) is 0.0714. The molecule has 184 valence electrons. The SMILES string of the molecule is COc1ccc(-n2c(SCC(=O)N/N=C\c3c(O)ccc4ccccc34)nc3ccccc3c2=O)cc1. The highest BCUT2D eigenvalue weighted by atomic mass is 32.2. The number of aromatic hydroxyl groups is 1. The van der Waals surface area contributed by atoms with Gasteiger partial charge in [0, 0.05) is 5.56 Å². The number of phenols is 1. The van der Waals surface area contributed by atoms with Crippen LogP contribution >= 0.6 is 11.8 Å². The van der Waals surface area contributed by atoms with Gasteiger partial charge in [0.05, 0.1) is 35.7 Å². The lowest BCUT2D eigenvalue weighted by atomic mass is 10.0. The maximum absolute atomic E-state index is 13.3. The lowest BCUT2D eigenvalue weighted by Crippen LogP contribution is -2.24. The van der Waals surface area contributed by atoms with Crippen LogP contribution in [0.5, 0.6) is 11.5 Å². The second-order valence-electron chi connectivity index (χ2n) is 8.05. The summed E-state index contributed by atoms with van der Waals surface area (Å²) < 4.78 is 6.71. The van der Waals surface area contributed by atoms with E-state index in [1.165, 1.54) is 10.8 Å². The van der Waals surface area contributed by atoms with E-state index in [1.807, 2.05) is 36.4 Å². The maximum atomic E-state index is 13.3. The summed E-state index contributed by atoms with van der Waals surface area (Å²) in [6.07, 6.45) is 1.42. The van der Waals surface area contributed by atoms with Gasteiger partial charge in [0.2, 0.25) is 0 Å². The van der Waals surface area contributed by atoms with Gasteiger partial charge >= 0.3 is 0 Å². The zero-order chi connectivity index (χ0) is 25.8. The number of fused-ring (bicyclic) bond motifs is 2. The van der Waals surface area contributed by atoms with Gasteiger partial charge in [-0.1, -0.05) is 54.2 Å². The van der Waals surface area contributed by atoms with Crippen LogP contribution in [-0.4, -0.2) is 39.6 Å². The second kappa shape index (κ2) is 10.5. The maximum Gasteiger partial charge on any atom is 0.266 e. The summed E-state index contributed by atoms with van der Waals surface area (Å²) in [5, 5.41) is 16.9. The van der Waals surface area contributed by atoms with E-state index < -0.39 is 0 Å². The van der Waals surface area contributed by atoms with Crippen molar-refractivity contribution in [1.29, 1.82) is 0 Å². The van der Waals surface area contributed by atoms with Crippen molar-refractivity contribution in [2.45, 2.75) is 5.16 Å². The number of nitrogens with one attached hydrogen (secondary N) is 1. The number of hydrazone groups is 1. The number of rotatable bonds is 7. The minimum atomic E-state index is -0.385. The molecule has 8 nitrogen and oxygen atoms in total. The van der Waals surface area contributed by atoms with Gasteiger partial charge in [0.1, 0.15) is 11.5 Å². The first-order valence-corrected chi connectivity index (χ1v) is 12.4. The topological polar surface area (TPSA) is 106 Å². The first-order chi connectivity index (χ1) is 18.0. The first-order valence-electron chi connectivity index (χ1n) is 11.4. The van der Waals surface area contributed by atoms with Crippen molar-refractivity contribution in [3.8, 4) is 17.2 Å². The minimum absolute atomic E-state index is 0.0280. The Labute approximate surface area is 216 Å². The molecule has 0 atom stereocenters. The minimum Gasteiger partial charge on any atom is -0.507 e. The van der Waals surface area contributed by atoms with Crippen molar-refractivity contribution in [2.75, 3.05) is 12.9 Å². The fourth-order valence-corrected chi connectivity index (χ4v) is 4.72. The van der Waals surface area contributed by atoms with Gasteiger partial charge in [-0.3, -0.25) is 14.2 Å². The summed E-state index contributed by atoms with van der Waals surface area (Å²) in [5.41, 5.74) is 3.92. The van der Waals surface area contributed by atoms with Crippen LogP contribution in [0.1, 0.15) is 5.56 Å². The molecule has 0 radical (unpaired) electrons. The van der Waals surface area contributed by atoms with E-state index in [1.54, 1.807) is 55.6 Å². The van der Waals surface area contributed by atoms with E-state index in [4.69, 9.17) is 4.74 Å². The molecule has 0 aliphatic carbocycles. The number of para-hydroxylation sites is 1. The molecule has 1 aromatic heterocycles. The molecule has 9 heteroatoms. The molecule has 0 bridgehead atoms. The zero-order valence-electron chi connectivity index (χ0n) is 19.8. The summed E-state index contributed by atoms with van der Waals surface area (Å²) >= 11 is 1.13. The van der Waals surface area contributed by atoms with E-state index >= 15 is 0 Å². The monoisotopic (exact) mass is 510 g/mol. The number of benzene rings is 4. The Hall–Kier alpha value is -4.63. The molecular weight excluding hydrogens is 488 g/mol. The predicted octanol–water partition coefficient (Wildman–Crippen LogP) is 4.50. The molecule has 0 aliphatic rings. The van der Waals surface area contributed by atoms with Crippen molar-refractivity contribution < 1.29 is 14.6 Å². The highest BCUT2D eigenvalue weighted by molar-refractivity contribution is 7.99. The lowest BCUT2D eigenvalue weighted by molar-refractivity contribution is -0.118. The van der Waals surface area contributed by atoms with Gasteiger partial charge in [-0.2, -0.15) is 5.10 Å². The molecule has 1 amide bonds. The third kappa shape index (κ3) is 5.03. The molecule has 0 saturated carbocycles. The van der Waals surface area contributed by atoms with Gasteiger partial charge in [-0.05, 0) is 53.2 Å². The molecule has 4 aromatic carbocycles. The van der Waals surface area contributed by atoms with Gasteiger partial charge < -0.3 is 9.84 Å². The van der Waals surface area contributed by atoms with Gasteiger partial charge in [0.25, 0.3) is 11.5 Å². The molecule has 2 N–H and O–H groups in total. The first kappa shape index (κ1) is 24.1. The molecule has 0 aliphatic heterocycles. The average molecular weight is 511 g/mol. The highest BCUT2D eigenvalue weighted by Crippen LogP contribution is 2.26. The standard InChI is InChI=1S/C28H22N4O4S/c1-36-20-13-11-19(12-14-20)32-27(35)22-8-4-5-9-24(22)30-28(32)37-17-26(34)31-29-16-23-21-7-3-2-6-18(21)10-15-25(23)33/h2-16,33H,17H2,1H3,(H,31,34)/b29-16-. The Morgan fingerprint density at radius 3 is 2.54 bits per heavy atom. The van der Waals surface area contributed by atoms with E-state index in [9.17, 15) is 14.7 Å². The van der Waals surface area contributed by atoms with Gasteiger partial charge in [-0.15, -0.1) is 0 Å². The highest BCUT2D eigenvalue weighted by Gasteiger charge is 2.15. The molecule has 1 heterocycles. The van der Waals surface area contributed by atoms with Crippen LogP contribution in [0.25, 0.3) is 27.4 Å². The van der Waals surface area contributed by atoms with Gasteiger partial charge in [-0.25, -0.2) is 10.4 Å². The number of hydrogen-bond donors (Lipinski definition) is 2. The van der Waals surface area contributed by atoms with Crippen molar-refractivity contribution in [2.24, 2.45) is 5.10 Å². The number of carbonyl (C=O) groups excluding carboxylic acids is 1. The Balaban J connectivity index is 1.38. The quantitative estimate of drug-likeness (QED) is 0.145. The number of carbonyl (C=O) groups is 1. The van der Waals surface area contributed by atoms with Crippen LogP contribution in [0.4, 0.5) is 0 Å². The van der Waals surface area contributed by atoms with E-state index in [2.05, 4.69) is 15.5 Å². The number of hydrogen-bond acceptors (Lipinski definition) is 7. The van der Waals surface area contributed by atoms with E-state index in [0.29, 0.717) is 33.1 Å². The normalized spacial score (nSPS) is 11.3. The third-order valence-electron chi connectivity index (χ3n) is 5.74. The molecular formula is C28H22N4O4S. The molecule has 0 fully saturated rings. The van der Waals surface area contributed by atoms with Crippen LogP contribution in [0.3, 0.4) is 0 Å². The number of nitrogens with zero attached hydrogens (tertiary/aromatic N) is 3. The summed E-state index contributed by atoms with van der Waals surface area (Å²) in [6, 6.07) is 25.1. The molecule has 5 rings (SSSR count). The Bertz CT molecular complexity index is 1700. The van der Waals surface area contributed by atoms with E-state index in [0.717, 1.165) is 22.5 Å². The lowest BCUT2D eigenvalue weighted by Gasteiger charge is -2.13. The Morgan fingerprint density at radius 2 is 1.76 bits per heavy atom. The number of thioether (sulfide) groups is 1. The average Bonchev–Trinajstić information content (AvgIpc) is 2.93. The van der Waals surface area contributed by atoms with Crippen LogP contribution in [-0.2, 0) is 4.79 Å². The van der Waals surface area contributed by atoms with Crippen molar-refractivity contribution in [3.63, 3.8) is 0 Å². The van der Waals surface area contributed by atoms with Crippen LogP contribution in [0, 0.1) is 0 Å². The number of methoxy groups -OCH3 is 1. The smallest absolute Gasteiger partial charge is 0.266 e. The number of phenolic OH excluding ortho intramolecular Hbond substituents is 1. The summed E-state index contributed by atoms with van der Waals surface area (Å²) in [6.45, 7) is 0. The number of aromatic nitrogens is 2. The Morgan fingerprint density at radius 1 is 1.03 bits per heavy atom. The molecule has 0 saturated heterocycles. The van der Waals surface area contributed by atoms with Crippen molar-refractivity contribution >= 4 is 45.6 Å². The predicted molar refractivity (Wildman–Crippen MR) is 146 cm³/mol. The summed E-state index contributed by atoms with van der Waals surface area (Å²) in [4.78, 5) is 30.6. The summed E-state index contributed by atoms with van der Waals surface area (Å²) in [7, 11) is 1.57. The fourth-order valence-electron chi connectivity index (χ4n) is 3.92. The number of amides is 1. The molecule has 5 aromatic rings. The Kier molecular flexibility index (Phi) is 6.87. The third-order valence-corrected chi connectivity index (χ3v) is 6.68. The van der Waals surface area contributed by atoms with Crippen LogP contribution in [0.2, 0.25) is 0 Å². The van der Waals surface area contributed by atoms with Crippen LogP contribution in [0.15, 0.2) is 100.0 Å². The summed E-state index contributed by atoms with van der Waals surface area (Å²) in [5.74, 6) is 0.314. The second-order valence-corrected chi connectivity index (χ2v) is 8.99. The van der Waals surface area contributed by atoms with Crippen molar-refractivity contribution in [3.05, 3.63) is 101 Å².